The summed E-state index contributed by atoms with van der Waals surface area (Å²) in [5.74, 6) is 0. The van der Waals surface area contributed by atoms with Gasteiger partial charge in [0, 0.05) is 6.54 Å². The monoisotopic (exact) mass is 221 g/mol. The van der Waals surface area contributed by atoms with Gasteiger partial charge in [0.15, 0.2) is 0 Å². The molecule has 74 valence electrons. The Bertz CT molecular complexity index is 256. The fourth-order valence-corrected chi connectivity index (χ4v) is 1.30. The van der Waals surface area contributed by atoms with Crippen molar-refractivity contribution in [3.8, 4) is 0 Å². The summed E-state index contributed by atoms with van der Waals surface area (Å²) in [6.07, 6.45) is 6.90. The van der Waals surface area contributed by atoms with Gasteiger partial charge in [0.1, 0.15) is 0 Å². The minimum absolute atomic E-state index is 0. The average Bonchev–Trinajstić information content (AvgIpc) is 2.58. The zero-order chi connectivity index (χ0) is 7.52. The van der Waals surface area contributed by atoms with Gasteiger partial charge < -0.3 is 10.3 Å². The van der Waals surface area contributed by atoms with Crippen LogP contribution in [0.2, 0.25) is 0 Å². The lowest BCUT2D eigenvalue weighted by Crippen LogP contribution is -2.20. The highest BCUT2D eigenvalue weighted by molar-refractivity contribution is 5.85. The van der Waals surface area contributed by atoms with Crippen LogP contribution in [-0.2, 0) is 0 Å². The first-order valence-electron chi connectivity index (χ1n) is 3.85. The number of hydrogen-bond acceptors (Lipinski definition) is 2. The second kappa shape index (κ2) is 6.02. The molecule has 0 saturated carbocycles. The van der Waals surface area contributed by atoms with Crippen LogP contribution in [-0.4, -0.2) is 23.1 Å². The molecule has 0 amide bonds. The molecule has 0 aromatic carbocycles. The predicted molar refractivity (Wildman–Crippen MR) is 58.5 cm³/mol. The molecular weight excluding hydrogens is 209 g/mol. The molecule has 3 nitrogen and oxygen atoms in total. The third-order valence-corrected chi connectivity index (χ3v) is 1.91. The van der Waals surface area contributed by atoms with Crippen LogP contribution in [0.5, 0.6) is 0 Å². The Balaban J connectivity index is 0.000000720. The first-order chi connectivity index (χ1) is 5.47. The number of H-pyrrole nitrogens is 1. The fraction of sp³-hybridized carbons (Fsp3) is 0.375. The Hall–Kier alpha value is -0.510. The third kappa shape index (κ3) is 3.03. The van der Waals surface area contributed by atoms with E-state index in [0.717, 1.165) is 25.2 Å². The summed E-state index contributed by atoms with van der Waals surface area (Å²) in [6, 6.07) is 0. The summed E-state index contributed by atoms with van der Waals surface area (Å²) in [5, 5.41) is 3.27. The molecule has 0 fully saturated rings. The lowest BCUT2D eigenvalue weighted by Gasteiger charge is -2.11. The van der Waals surface area contributed by atoms with Crippen molar-refractivity contribution in [2.24, 2.45) is 0 Å². The number of hydrogen-bond donors (Lipinski definition) is 2. The second-order valence-electron chi connectivity index (χ2n) is 2.65. The summed E-state index contributed by atoms with van der Waals surface area (Å²) in [7, 11) is 0. The van der Waals surface area contributed by atoms with Gasteiger partial charge in [0.2, 0.25) is 0 Å². The highest BCUT2D eigenvalue weighted by Gasteiger charge is 2.05. The summed E-state index contributed by atoms with van der Waals surface area (Å²) in [5.41, 5.74) is 2.53. The average molecular weight is 222 g/mol. The molecule has 0 spiro atoms. The van der Waals surface area contributed by atoms with Gasteiger partial charge in [0.05, 0.1) is 18.2 Å². The molecule has 1 aromatic rings. The Kier molecular flexibility index (Phi) is 5.79. The smallest absolute Gasteiger partial charge is 0.0924 e. The van der Waals surface area contributed by atoms with E-state index in [-0.39, 0.29) is 24.8 Å². The van der Waals surface area contributed by atoms with E-state index in [1.165, 1.54) is 5.57 Å². The molecule has 13 heavy (non-hydrogen) atoms. The van der Waals surface area contributed by atoms with Gasteiger partial charge in [-0.2, -0.15) is 0 Å². The van der Waals surface area contributed by atoms with Crippen LogP contribution < -0.4 is 5.32 Å². The minimum Gasteiger partial charge on any atom is -0.345 e. The molecule has 1 aliphatic heterocycles. The molecule has 0 bridgehead atoms. The van der Waals surface area contributed by atoms with E-state index in [2.05, 4.69) is 21.4 Å². The number of nitrogens with one attached hydrogen (secondary N) is 2. The highest BCUT2D eigenvalue weighted by Crippen LogP contribution is 2.15. The lowest BCUT2D eigenvalue weighted by molar-refractivity contribution is 0.737. The Morgan fingerprint density at radius 2 is 2.15 bits per heavy atom. The van der Waals surface area contributed by atoms with Crippen molar-refractivity contribution < 1.29 is 0 Å². The predicted octanol–water partition coefficient (Wildman–Crippen LogP) is 1.63. The van der Waals surface area contributed by atoms with E-state index in [0.29, 0.717) is 0 Å². The molecule has 0 aliphatic carbocycles. The van der Waals surface area contributed by atoms with E-state index in [9.17, 15) is 0 Å². The fourth-order valence-electron chi connectivity index (χ4n) is 1.30. The van der Waals surface area contributed by atoms with Crippen LogP contribution in [0.1, 0.15) is 12.1 Å². The highest BCUT2D eigenvalue weighted by atomic mass is 35.5. The van der Waals surface area contributed by atoms with Crippen LogP contribution in [0.15, 0.2) is 18.6 Å². The van der Waals surface area contributed by atoms with Gasteiger partial charge in [-0.15, -0.1) is 24.8 Å². The van der Waals surface area contributed by atoms with Gasteiger partial charge in [-0.1, -0.05) is 6.08 Å². The van der Waals surface area contributed by atoms with E-state index in [1.807, 2.05) is 6.20 Å². The molecular formula is C8H13Cl2N3. The number of rotatable bonds is 1. The van der Waals surface area contributed by atoms with E-state index in [1.54, 1.807) is 6.33 Å². The molecule has 0 atom stereocenters. The molecule has 2 rings (SSSR count). The third-order valence-electron chi connectivity index (χ3n) is 1.91. The van der Waals surface area contributed by atoms with Crippen molar-refractivity contribution in [2.75, 3.05) is 13.1 Å². The van der Waals surface area contributed by atoms with Crippen molar-refractivity contribution in [2.45, 2.75) is 6.42 Å². The summed E-state index contributed by atoms with van der Waals surface area (Å²) in [4.78, 5) is 7.08. The lowest BCUT2D eigenvalue weighted by atomic mass is 10.1. The van der Waals surface area contributed by atoms with Crippen molar-refractivity contribution in [3.63, 3.8) is 0 Å². The minimum atomic E-state index is 0. The van der Waals surface area contributed by atoms with Crippen molar-refractivity contribution in [1.29, 1.82) is 0 Å². The quantitative estimate of drug-likeness (QED) is 0.758. The Morgan fingerprint density at radius 3 is 2.69 bits per heavy atom. The SMILES string of the molecule is C1=C(c2cnc[nH]2)CCNC1.Cl.Cl. The largest absolute Gasteiger partial charge is 0.345 e. The van der Waals surface area contributed by atoms with Gasteiger partial charge in [0.25, 0.3) is 0 Å². The van der Waals surface area contributed by atoms with E-state index >= 15 is 0 Å². The maximum absolute atomic E-state index is 3.98. The zero-order valence-electron chi connectivity index (χ0n) is 7.12. The molecule has 5 heteroatoms. The maximum Gasteiger partial charge on any atom is 0.0924 e. The molecule has 2 heterocycles. The Labute approximate surface area is 89.8 Å². The normalized spacial score (nSPS) is 15.2. The topological polar surface area (TPSA) is 40.7 Å². The van der Waals surface area contributed by atoms with Gasteiger partial charge >= 0.3 is 0 Å². The van der Waals surface area contributed by atoms with Crippen LogP contribution >= 0.6 is 24.8 Å². The van der Waals surface area contributed by atoms with Crippen molar-refractivity contribution in [1.82, 2.24) is 15.3 Å². The summed E-state index contributed by atoms with van der Waals surface area (Å²) < 4.78 is 0. The first kappa shape index (κ1) is 12.5. The molecule has 1 aromatic heterocycles. The van der Waals surface area contributed by atoms with Crippen molar-refractivity contribution in [3.05, 3.63) is 24.3 Å². The number of halogens is 2. The van der Waals surface area contributed by atoms with Crippen LogP contribution in [0.3, 0.4) is 0 Å². The molecule has 0 unspecified atom stereocenters. The summed E-state index contributed by atoms with van der Waals surface area (Å²) >= 11 is 0. The second-order valence-corrected chi connectivity index (χ2v) is 2.65. The number of nitrogens with zero attached hydrogens (tertiary/aromatic N) is 1. The number of imidazole rings is 1. The molecule has 2 N–H and O–H groups in total. The van der Waals surface area contributed by atoms with E-state index < -0.39 is 0 Å². The van der Waals surface area contributed by atoms with Gasteiger partial charge in [-0.25, -0.2) is 4.98 Å². The number of aromatic amines is 1. The Morgan fingerprint density at radius 1 is 1.31 bits per heavy atom. The van der Waals surface area contributed by atoms with E-state index in [4.69, 9.17) is 0 Å². The van der Waals surface area contributed by atoms with Crippen molar-refractivity contribution >= 4 is 30.4 Å². The first-order valence-corrected chi connectivity index (χ1v) is 3.85. The zero-order valence-corrected chi connectivity index (χ0v) is 8.75. The standard InChI is InChI=1S/C8H11N3.2ClH/c1-3-9-4-2-7(1)8-5-10-6-11-8;;/h1,5-6,9H,2-4H2,(H,10,11);2*1H. The van der Waals surface area contributed by atoms with Gasteiger partial charge in [-0.3, -0.25) is 0 Å². The van der Waals surface area contributed by atoms with Gasteiger partial charge in [-0.05, 0) is 18.5 Å². The van der Waals surface area contributed by atoms with Crippen LogP contribution in [0, 0.1) is 0 Å². The molecule has 1 aliphatic rings. The molecule has 0 radical (unpaired) electrons. The van der Waals surface area contributed by atoms with Crippen LogP contribution in [0.25, 0.3) is 5.57 Å². The summed E-state index contributed by atoms with van der Waals surface area (Å²) in [6.45, 7) is 2.05. The van der Waals surface area contributed by atoms with Crippen LogP contribution in [0.4, 0.5) is 0 Å². The number of aromatic nitrogens is 2. The maximum atomic E-state index is 3.98. The molecule has 0 saturated heterocycles.